The minimum Gasteiger partial charge on any atom is -0.366 e. The molecule has 1 N–H and O–H groups in total. The fourth-order valence-electron chi connectivity index (χ4n) is 1.75. The molecule has 0 unspecified atom stereocenters. The summed E-state index contributed by atoms with van der Waals surface area (Å²) in [5, 5.41) is 3.34. The lowest BCUT2D eigenvalue weighted by atomic mass is 10.00. The first kappa shape index (κ1) is 10.7. The van der Waals surface area contributed by atoms with Gasteiger partial charge in [0.05, 0.1) is 0 Å². The predicted octanol–water partition coefficient (Wildman–Crippen LogP) is 3.76. The molecule has 0 aliphatic heterocycles. The molecule has 15 heavy (non-hydrogen) atoms. The molecule has 0 spiro atoms. The summed E-state index contributed by atoms with van der Waals surface area (Å²) in [4.78, 5) is 4.28. The van der Waals surface area contributed by atoms with Gasteiger partial charge in [-0.1, -0.05) is 11.6 Å². The predicted molar refractivity (Wildman–Crippen MR) is 67.0 cm³/mol. The first-order valence-corrected chi connectivity index (χ1v) is 6.17. The molecular formula is C12H15BrN2. The number of halogens is 1. The lowest BCUT2D eigenvalue weighted by Gasteiger charge is -2.13. The maximum absolute atomic E-state index is 4.28. The molecule has 80 valence electrons. The standard InChI is InChI=1S/C12H15BrN2/c13-11-6-7-12(15-9-11)14-8-10-4-2-1-3-5-10/h4,6-7,9H,1-3,5,8H2,(H,14,15). The van der Waals surface area contributed by atoms with Crippen LogP contribution in [0.5, 0.6) is 0 Å². The van der Waals surface area contributed by atoms with E-state index in [2.05, 4.69) is 32.3 Å². The molecule has 1 aliphatic rings. The second-order valence-corrected chi connectivity index (χ2v) is 4.74. The van der Waals surface area contributed by atoms with Gasteiger partial charge in [-0.25, -0.2) is 4.98 Å². The summed E-state index contributed by atoms with van der Waals surface area (Å²) in [5.74, 6) is 0.949. The fraction of sp³-hybridized carbons (Fsp3) is 0.417. The van der Waals surface area contributed by atoms with E-state index in [0.29, 0.717) is 0 Å². The van der Waals surface area contributed by atoms with Gasteiger partial charge < -0.3 is 5.32 Å². The number of hydrogen-bond donors (Lipinski definition) is 1. The highest BCUT2D eigenvalue weighted by molar-refractivity contribution is 9.10. The zero-order valence-corrected chi connectivity index (χ0v) is 10.3. The van der Waals surface area contributed by atoms with Crippen molar-refractivity contribution in [1.29, 1.82) is 0 Å². The van der Waals surface area contributed by atoms with Crippen LogP contribution in [0, 0.1) is 0 Å². The fourth-order valence-corrected chi connectivity index (χ4v) is 1.98. The van der Waals surface area contributed by atoms with E-state index in [1.165, 1.54) is 31.3 Å². The van der Waals surface area contributed by atoms with Crippen LogP contribution in [0.1, 0.15) is 25.7 Å². The Kier molecular flexibility index (Phi) is 3.78. The summed E-state index contributed by atoms with van der Waals surface area (Å²) in [6.45, 7) is 0.939. The van der Waals surface area contributed by atoms with E-state index >= 15 is 0 Å². The van der Waals surface area contributed by atoms with Crippen LogP contribution in [-0.2, 0) is 0 Å². The van der Waals surface area contributed by atoms with E-state index < -0.39 is 0 Å². The number of rotatable bonds is 3. The number of anilines is 1. The molecule has 1 heterocycles. The van der Waals surface area contributed by atoms with Gasteiger partial charge in [-0.05, 0) is 53.7 Å². The Labute approximate surface area is 98.9 Å². The zero-order valence-electron chi connectivity index (χ0n) is 8.67. The lowest BCUT2D eigenvalue weighted by Crippen LogP contribution is -2.07. The van der Waals surface area contributed by atoms with Crippen LogP contribution in [-0.4, -0.2) is 11.5 Å². The van der Waals surface area contributed by atoms with E-state index in [4.69, 9.17) is 0 Å². The van der Waals surface area contributed by atoms with Gasteiger partial charge in [0.2, 0.25) is 0 Å². The highest BCUT2D eigenvalue weighted by Gasteiger charge is 2.03. The Bertz CT molecular complexity index is 343. The van der Waals surface area contributed by atoms with E-state index in [1.807, 2.05) is 18.3 Å². The smallest absolute Gasteiger partial charge is 0.126 e. The summed E-state index contributed by atoms with van der Waals surface area (Å²) in [7, 11) is 0. The van der Waals surface area contributed by atoms with Crippen molar-refractivity contribution in [2.24, 2.45) is 0 Å². The van der Waals surface area contributed by atoms with E-state index in [-0.39, 0.29) is 0 Å². The van der Waals surface area contributed by atoms with Gasteiger partial charge in [0.25, 0.3) is 0 Å². The molecule has 0 saturated heterocycles. The maximum atomic E-state index is 4.28. The lowest BCUT2D eigenvalue weighted by molar-refractivity contribution is 0.695. The molecule has 0 bridgehead atoms. The van der Waals surface area contributed by atoms with Crippen molar-refractivity contribution >= 4 is 21.7 Å². The minimum absolute atomic E-state index is 0.939. The van der Waals surface area contributed by atoms with Crippen LogP contribution in [0.4, 0.5) is 5.82 Å². The normalized spacial score (nSPS) is 15.9. The highest BCUT2D eigenvalue weighted by atomic mass is 79.9. The third-order valence-corrected chi connectivity index (χ3v) is 3.08. The van der Waals surface area contributed by atoms with Gasteiger partial charge >= 0.3 is 0 Å². The van der Waals surface area contributed by atoms with Crippen molar-refractivity contribution in [3.8, 4) is 0 Å². The largest absolute Gasteiger partial charge is 0.366 e. The highest BCUT2D eigenvalue weighted by Crippen LogP contribution is 2.18. The molecule has 0 atom stereocenters. The molecule has 0 radical (unpaired) electrons. The number of nitrogens with zero attached hydrogens (tertiary/aromatic N) is 1. The first-order chi connectivity index (χ1) is 7.34. The Morgan fingerprint density at radius 1 is 1.33 bits per heavy atom. The summed E-state index contributed by atoms with van der Waals surface area (Å²) in [5.41, 5.74) is 1.52. The van der Waals surface area contributed by atoms with Crippen LogP contribution in [0.3, 0.4) is 0 Å². The van der Waals surface area contributed by atoms with Crippen molar-refractivity contribution in [2.45, 2.75) is 25.7 Å². The molecule has 1 aromatic rings. The third-order valence-electron chi connectivity index (χ3n) is 2.61. The summed E-state index contributed by atoms with van der Waals surface area (Å²) in [6, 6.07) is 4.00. The van der Waals surface area contributed by atoms with Gasteiger partial charge in [-0.2, -0.15) is 0 Å². The van der Waals surface area contributed by atoms with Crippen LogP contribution in [0.2, 0.25) is 0 Å². The van der Waals surface area contributed by atoms with Crippen LogP contribution in [0.25, 0.3) is 0 Å². The minimum atomic E-state index is 0.939. The monoisotopic (exact) mass is 266 g/mol. The van der Waals surface area contributed by atoms with Gasteiger partial charge in [-0.15, -0.1) is 0 Å². The molecular weight excluding hydrogens is 252 g/mol. The van der Waals surface area contributed by atoms with Crippen molar-refractivity contribution in [3.63, 3.8) is 0 Å². The number of allylic oxidation sites excluding steroid dienone is 1. The Balaban J connectivity index is 1.87. The third kappa shape index (κ3) is 3.34. The molecule has 0 fully saturated rings. The van der Waals surface area contributed by atoms with E-state index in [1.54, 1.807) is 0 Å². The van der Waals surface area contributed by atoms with Gasteiger partial charge in [0.15, 0.2) is 0 Å². The molecule has 0 amide bonds. The summed E-state index contributed by atoms with van der Waals surface area (Å²) >= 11 is 3.37. The molecule has 1 aliphatic carbocycles. The maximum Gasteiger partial charge on any atom is 0.126 e. The van der Waals surface area contributed by atoms with Gasteiger partial charge in [0, 0.05) is 17.2 Å². The molecule has 1 aromatic heterocycles. The van der Waals surface area contributed by atoms with Crippen molar-refractivity contribution in [1.82, 2.24) is 4.98 Å². The molecule has 2 rings (SSSR count). The van der Waals surface area contributed by atoms with Crippen molar-refractivity contribution < 1.29 is 0 Å². The van der Waals surface area contributed by atoms with E-state index in [0.717, 1.165) is 16.8 Å². The molecule has 0 saturated carbocycles. The van der Waals surface area contributed by atoms with Crippen LogP contribution >= 0.6 is 15.9 Å². The first-order valence-electron chi connectivity index (χ1n) is 5.38. The summed E-state index contributed by atoms with van der Waals surface area (Å²) in [6.07, 6.45) is 9.34. The molecule has 2 nitrogen and oxygen atoms in total. The Morgan fingerprint density at radius 2 is 2.27 bits per heavy atom. The SMILES string of the molecule is Brc1ccc(NCC2=CCCCC2)nc1. The van der Waals surface area contributed by atoms with Crippen molar-refractivity contribution in [3.05, 3.63) is 34.5 Å². The second kappa shape index (κ2) is 5.31. The van der Waals surface area contributed by atoms with Crippen LogP contribution in [0.15, 0.2) is 34.5 Å². The van der Waals surface area contributed by atoms with Crippen LogP contribution < -0.4 is 5.32 Å². The molecule has 3 heteroatoms. The topological polar surface area (TPSA) is 24.9 Å². The number of nitrogens with one attached hydrogen (secondary N) is 1. The zero-order chi connectivity index (χ0) is 10.5. The quantitative estimate of drug-likeness (QED) is 0.843. The van der Waals surface area contributed by atoms with Gasteiger partial charge in [-0.3, -0.25) is 0 Å². The Morgan fingerprint density at radius 3 is 2.93 bits per heavy atom. The Hall–Kier alpha value is -0.830. The number of pyridine rings is 1. The van der Waals surface area contributed by atoms with Gasteiger partial charge in [0.1, 0.15) is 5.82 Å². The van der Waals surface area contributed by atoms with Crippen molar-refractivity contribution in [2.75, 3.05) is 11.9 Å². The average molecular weight is 267 g/mol. The van der Waals surface area contributed by atoms with E-state index in [9.17, 15) is 0 Å². The number of aromatic nitrogens is 1. The second-order valence-electron chi connectivity index (χ2n) is 3.82. The molecule has 0 aromatic carbocycles. The summed E-state index contributed by atoms with van der Waals surface area (Å²) < 4.78 is 1.02. The number of hydrogen-bond acceptors (Lipinski definition) is 2. The average Bonchev–Trinajstić information content (AvgIpc) is 2.30.